The molecule has 17 heavy (non-hydrogen) atoms. The standard InChI is InChI=1S/C14H29NO2/c1-4-7-13(15-6-3)14(5-2)17-11-12-8-9-16-10-12/h12-15H,4-11H2,1-3H3. The van der Waals surface area contributed by atoms with Gasteiger partial charge in [0.2, 0.25) is 0 Å². The van der Waals surface area contributed by atoms with E-state index in [1.54, 1.807) is 0 Å². The van der Waals surface area contributed by atoms with E-state index >= 15 is 0 Å². The van der Waals surface area contributed by atoms with Crippen molar-refractivity contribution in [1.29, 1.82) is 0 Å². The highest BCUT2D eigenvalue weighted by molar-refractivity contribution is 4.76. The van der Waals surface area contributed by atoms with Crippen molar-refractivity contribution in [1.82, 2.24) is 5.32 Å². The summed E-state index contributed by atoms with van der Waals surface area (Å²) in [5.74, 6) is 0.618. The zero-order valence-electron chi connectivity index (χ0n) is 11.7. The molecular formula is C14H29NO2. The quantitative estimate of drug-likeness (QED) is 0.675. The number of rotatable bonds is 9. The molecule has 0 aromatic rings. The topological polar surface area (TPSA) is 30.5 Å². The maximum atomic E-state index is 6.10. The molecular weight excluding hydrogens is 214 g/mol. The van der Waals surface area contributed by atoms with Gasteiger partial charge in [-0.25, -0.2) is 0 Å². The molecule has 1 rings (SSSR count). The Balaban J connectivity index is 2.32. The molecule has 3 unspecified atom stereocenters. The number of nitrogens with one attached hydrogen (secondary N) is 1. The Morgan fingerprint density at radius 1 is 1.35 bits per heavy atom. The SMILES string of the molecule is CCCC(NCC)C(CC)OCC1CCOC1. The van der Waals surface area contributed by atoms with Crippen LogP contribution in [-0.4, -0.2) is 38.5 Å². The maximum Gasteiger partial charge on any atom is 0.0725 e. The second-order valence-corrected chi connectivity index (χ2v) is 4.96. The lowest BCUT2D eigenvalue weighted by atomic mass is 10.0. The molecule has 0 radical (unpaired) electrons. The first kappa shape index (κ1) is 14.9. The summed E-state index contributed by atoms with van der Waals surface area (Å²) in [6, 6.07) is 0.511. The minimum absolute atomic E-state index is 0.357. The third kappa shape index (κ3) is 5.36. The lowest BCUT2D eigenvalue weighted by Gasteiger charge is -2.28. The van der Waals surface area contributed by atoms with E-state index in [-0.39, 0.29) is 0 Å². The minimum Gasteiger partial charge on any atom is -0.381 e. The predicted molar refractivity (Wildman–Crippen MR) is 71.3 cm³/mol. The van der Waals surface area contributed by atoms with Gasteiger partial charge in [-0.05, 0) is 25.8 Å². The molecule has 1 aliphatic heterocycles. The van der Waals surface area contributed by atoms with Crippen LogP contribution in [0, 0.1) is 5.92 Å². The van der Waals surface area contributed by atoms with Crippen molar-refractivity contribution in [2.75, 3.05) is 26.4 Å². The largest absolute Gasteiger partial charge is 0.381 e. The van der Waals surface area contributed by atoms with Crippen molar-refractivity contribution in [3.05, 3.63) is 0 Å². The molecule has 1 saturated heterocycles. The number of hydrogen-bond donors (Lipinski definition) is 1. The Morgan fingerprint density at radius 3 is 2.71 bits per heavy atom. The molecule has 3 nitrogen and oxygen atoms in total. The molecule has 0 aromatic heterocycles. The molecule has 0 aliphatic carbocycles. The molecule has 0 saturated carbocycles. The molecule has 0 spiro atoms. The van der Waals surface area contributed by atoms with Gasteiger partial charge in [0.25, 0.3) is 0 Å². The first-order chi connectivity index (χ1) is 8.31. The maximum absolute atomic E-state index is 6.10. The van der Waals surface area contributed by atoms with Gasteiger partial charge in [0.15, 0.2) is 0 Å². The van der Waals surface area contributed by atoms with Gasteiger partial charge in [0, 0.05) is 18.6 Å². The fraction of sp³-hybridized carbons (Fsp3) is 1.00. The zero-order valence-corrected chi connectivity index (χ0v) is 11.7. The van der Waals surface area contributed by atoms with Crippen LogP contribution in [0.15, 0.2) is 0 Å². The van der Waals surface area contributed by atoms with E-state index in [1.807, 2.05) is 0 Å². The van der Waals surface area contributed by atoms with E-state index in [2.05, 4.69) is 26.1 Å². The van der Waals surface area contributed by atoms with E-state index in [1.165, 1.54) is 12.8 Å². The van der Waals surface area contributed by atoms with Crippen LogP contribution in [0.3, 0.4) is 0 Å². The van der Waals surface area contributed by atoms with Crippen molar-refractivity contribution >= 4 is 0 Å². The normalized spacial score (nSPS) is 23.8. The van der Waals surface area contributed by atoms with Crippen LogP contribution < -0.4 is 5.32 Å². The molecule has 1 heterocycles. The lowest BCUT2D eigenvalue weighted by Crippen LogP contribution is -2.41. The van der Waals surface area contributed by atoms with Crippen molar-refractivity contribution in [2.24, 2.45) is 5.92 Å². The molecule has 1 fully saturated rings. The van der Waals surface area contributed by atoms with Crippen LogP contribution >= 0.6 is 0 Å². The predicted octanol–water partition coefficient (Wildman–Crippen LogP) is 2.60. The Bertz CT molecular complexity index is 175. The van der Waals surface area contributed by atoms with Gasteiger partial charge in [-0.2, -0.15) is 0 Å². The number of likely N-dealkylation sites (N-methyl/N-ethyl adjacent to an activating group) is 1. The third-order valence-corrected chi connectivity index (χ3v) is 3.49. The first-order valence-corrected chi connectivity index (χ1v) is 7.24. The van der Waals surface area contributed by atoms with Gasteiger partial charge in [0.05, 0.1) is 19.3 Å². The molecule has 1 aliphatic rings. The van der Waals surface area contributed by atoms with E-state index in [9.17, 15) is 0 Å². The van der Waals surface area contributed by atoms with Crippen LogP contribution in [0.5, 0.6) is 0 Å². The van der Waals surface area contributed by atoms with E-state index in [0.29, 0.717) is 18.1 Å². The fourth-order valence-corrected chi connectivity index (χ4v) is 2.49. The molecule has 0 aromatic carbocycles. The molecule has 0 bridgehead atoms. The highest BCUT2D eigenvalue weighted by Gasteiger charge is 2.22. The van der Waals surface area contributed by atoms with Crippen molar-refractivity contribution in [3.8, 4) is 0 Å². The van der Waals surface area contributed by atoms with Crippen LogP contribution in [0.2, 0.25) is 0 Å². The van der Waals surface area contributed by atoms with Gasteiger partial charge >= 0.3 is 0 Å². The summed E-state index contributed by atoms with van der Waals surface area (Å²) in [4.78, 5) is 0. The van der Waals surface area contributed by atoms with Gasteiger partial charge in [0.1, 0.15) is 0 Å². The second kappa shape index (κ2) is 8.90. The van der Waals surface area contributed by atoms with E-state index < -0.39 is 0 Å². The van der Waals surface area contributed by atoms with Gasteiger partial charge < -0.3 is 14.8 Å². The van der Waals surface area contributed by atoms with Crippen LogP contribution in [0.4, 0.5) is 0 Å². The average Bonchev–Trinajstić information content (AvgIpc) is 2.83. The van der Waals surface area contributed by atoms with E-state index in [0.717, 1.165) is 39.2 Å². The van der Waals surface area contributed by atoms with Gasteiger partial charge in [-0.15, -0.1) is 0 Å². The highest BCUT2D eigenvalue weighted by Crippen LogP contribution is 2.16. The van der Waals surface area contributed by atoms with Crippen molar-refractivity contribution < 1.29 is 9.47 Å². The first-order valence-electron chi connectivity index (χ1n) is 7.24. The van der Waals surface area contributed by atoms with E-state index in [4.69, 9.17) is 9.47 Å². The van der Waals surface area contributed by atoms with Crippen LogP contribution in [-0.2, 0) is 9.47 Å². The Hall–Kier alpha value is -0.120. The molecule has 0 amide bonds. The summed E-state index contributed by atoms with van der Waals surface area (Å²) in [7, 11) is 0. The summed E-state index contributed by atoms with van der Waals surface area (Å²) < 4.78 is 11.5. The van der Waals surface area contributed by atoms with Crippen molar-refractivity contribution in [2.45, 2.75) is 58.6 Å². The highest BCUT2D eigenvalue weighted by atomic mass is 16.5. The lowest BCUT2D eigenvalue weighted by molar-refractivity contribution is 0.000511. The molecule has 1 N–H and O–H groups in total. The summed E-state index contributed by atoms with van der Waals surface area (Å²) in [6.45, 7) is 10.3. The summed E-state index contributed by atoms with van der Waals surface area (Å²) in [5.41, 5.74) is 0. The third-order valence-electron chi connectivity index (χ3n) is 3.49. The second-order valence-electron chi connectivity index (χ2n) is 4.96. The molecule has 3 atom stereocenters. The summed E-state index contributed by atoms with van der Waals surface area (Å²) in [5, 5.41) is 3.55. The van der Waals surface area contributed by atoms with Gasteiger partial charge in [-0.1, -0.05) is 27.2 Å². The minimum atomic E-state index is 0.357. The van der Waals surface area contributed by atoms with Crippen LogP contribution in [0.1, 0.15) is 46.5 Å². The van der Waals surface area contributed by atoms with Gasteiger partial charge in [-0.3, -0.25) is 0 Å². The molecule has 3 heteroatoms. The Morgan fingerprint density at radius 2 is 2.18 bits per heavy atom. The Labute approximate surface area is 106 Å². The number of hydrogen-bond acceptors (Lipinski definition) is 3. The monoisotopic (exact) mass is 243 g/mol. The zero-order chi connectivity index (χ0) is 12.5. The summed E-state index contributed by atoms with van der Waals surface area (Å²) >= 11 is 0. The smallest absolute Gasteiger partial charge is 0.0725 e. The molecule has 102 valence electrons. The van der Waals surface area contributed by atoms with Crippen molar-refractivity contribution in [3.63, 3.8) is 0 Å². The number of ether oxygens (including phenoxy) is 2. The average molecular weight is 243 g/mol. The Kier molecular flexibility index (Phi) is 7.82. The fourth-order valence-electron chi connectivity index (χ4n) is 2.49. The summed E-state index contributed by atoms with van der Waals surface area (Å²) in [6.07, 6.45) is 5.02. The van der Waals surface area contributed by atoms with Crippen LogP contribution in [0.25, 0.3) is 0 Å².